The van der Waals surface area contributed by atoms with Gasteiger partial charge in [0.1, 0.15) is 0 Å². The number of aromatic nitrogens is 1. The van der Waals surface area contributed by atoms with Gasteiger partial charge in [0.05, 0.1) is 29.5 Å². The van der Waals surface area contributed by atoms with Crippen molar-refractivity contribution in [3.8, 4) is 0 Å². The van der Waals surface area contributed by atoms with Crippen molar-refractivity contribution in [2.24, 2.45) is 5.92 Å². The summed E-state index contributed by atoms with van der Waals surface area (Å²) in [6.07, 6.45) is 1.75. The van der Waals surface area contributed by atoms with E-state index < -0.39 is 0 Å². The Labute approximate surface area is 107 Å². The highest BCUT2D eigenvalue weighted by atomic mass is 16.3. The van der Waals surface area contributed by atoms with Crippen LogP contribution in [-0.4, -0.2) is 22.7 Å². The van der Waals surface area contributed by atoms with Crippen molar-refractivity contribution in [3.63, 3.8) is 0 Å². The van der Waals surface area contributed by atoms with Crippen molar-refractivity contribution in [3.05, 3.63) is 30.5 Å². The van der Waals surface area contributed by atoms with E-state index in [-0.39, 0.29) is 12.6 Å². The molecule has 1 atom stereocenters. The van der Waals surface area contributed by atoms with E-state index >= 15 is 0 Å². The van der Waals surface area contributed by atoms with Crippen molar-refractivity contribution < 1.29 is 5.11 Å². The highest BCUT2D eigenvalue weighted by Crippen LogP contribution is 2.28. The second-order valence-corrected chi connectivity index (χ2v) is 4.77. The molecule has 4 nitrogen and oxygen atoms in total. The SMILES string of the molecule is CC(C)[C@@H](CO)Nc1ccc2ncccc2c1N. The first kappa shape index (κ1) is 12.6. The fourth-order valence-corrected chi connectivity index (χ4v) is 1.92. The van der Waals surface area contributed by atoms with E-state index in [9.17, 15) is 5.11 Å². The fourth-order valence-electron chi connectivity index (χ4n) is 1.92. The molecule has 0 aliphatic rings. The maximum atomic E-state index is 9.35. The number of nitrogens with two attached hydrogens (primary N) is 1. The largest absolute Gasteiger partial charge is 0.397 e. The molecule has 0 saturated carbocycles. The van der Waals surface area contributed by atoms with E-state index in [4.69, 9.17) is 5.73 Å². The highest BCUT2D eigenvalue weighted by molar-refractivity contribution is 5.96. The van der Waals surface area contributed by atoms with Crippen molar-refractivity contribution in [1.82, 2.24) is 4.98 Å². The molecule has 0 fully saturated rings. The van der Waals surface area contributed by atoms with Crippen LogP contribution in [-0.2, 0) is 0 Å². The maximum Gasteiger partial charge on any atom is 0.0724 e. The zero-order valence-electron chi connectivity index (χ0n) is 10.7. The zero-order chi connectivity index (χ0) is 13.1. The van der Waals surface area contributed by atoms with E-state index in [1.165, 1.54) is 0 Å². The smallest absolute Gasteiger partial charge is 0.0724 e. The molecule has 1 heterocycles. The number of benzene rings is 1. The lowest BCUT2D eigenvalue weighted by Crippen LogP contribution is -2.29. The maximum absolute atomic E-state index is 9.35. The molecule has 96 valence electrons. The number of rotatable bonds is 4. The third-order valence-electron chi connectivity index (χ3n) is 3.17. The van der Waals surface area contributed by atoms with E-state index in [1.807, 2.05) is 24.3 Å². The monoisotopic (exact) mass is 245 g/mol. The second-order valence-electron chi connectivity index (χ2n) is 4.77. The van der Waals surface area contributed by atoms with Gasteiger partial charge in [-0.15, -0.1) is 0 Å². The third-order valence-corrected chi connectivity index (χ3v) is 3.17. The summed E-state index contributed by atoms with van der Waals surface area (Å²) in [6.45, 7) is 4.21. The van der Waals surface area contributed by atoms with Crippen LogP contribution in [0.2, 0.25) is 0 Å². The molecule has 2 rings (SSSR count). The van der Waals surface area contributed by atoms with Gasteiger partial charge in [-0.2, -0.15) is 0 Å². The molecular weight excluding hydrogens is 226 g/mol. The average Bonchev–Trinajstić information content (AvgIpc) is 2.38. The van der Waals surface area contributed by atoms with Crippen LogP contribution < -0.4 is 11.1 Å². The van der Waals surface area contributed by atoms with Gasteiger partial charge in [-0.25, -0.2) is 0 Å². The van der Waals surface area contributed by atoms with Crippen LogP contribution in [0.25, 0.3) is 10.9 Å². The first-order valence-corrected chi connectivity index (χ1v) is 6.14. The quantitative estimate of drug-likeness (QED) is 0.722. The first-order valence-electron chi connectivity index (χ1n) is 6.14. The van der Waals surface area contributed by atoms with Crippen molar-refractivity contribution in [2.45, 2.75) is 19.9 Å². The Kier molecular flexibility index (Phi) is 3.67. The van der Waals surface area contributed by atoms with Gasteiger partial charge in [-0.05, 0) is 30.2 Å². The standard InChI is InChI=1S/C14H19N3O/c1-9(2)13(8-18)17-12-6-5-11-10(14(12)15)4-3-7-16-11/h3-7,9,13,17-18H,8,15H2,1-2H3/t13-/m1/s1. The van der Waals surface area contributed by atoms with Crippen molar-refractivity contribution in [1.29, 1.82) is 0 Å². The summed E-state index contributed by atoms with van der Waals surface area (Å²) in [7, 11) is 0. The number of hydrogen-bond donors (Lipinski definition) is 3. The lowest BCUT2D eigenvalue weighted by atomic mass is 10.0. The second kappa shape index (κ2) is 5.23. The first-order chi connectivity index (χ1) is 8.63. The topological polar surface area (TPSA) is 71.2 Å². The van der Waals surface area contributed by atoms with E-state index in [0.29, 0.717) is 11.6 Å². The average molecular weight is 245 g/mol. The van der Waals surface area contributed by atoms with E-state index in [2.05, 4.69) is 24.1 Å². The molecule has 18 heavy (non-hydrogen) atoms. The Morgan fingerprint density at radius 2 is 2.11 bits per heavy atom. The molecule has 0 spiro atoms. The van der Waals surface area contributed by atoms with Crippen LogP contribution in [0.15, 0.2) is 30.5 Å². The molecule has 0 bridgehead atoms. The number of aliphatic hydroxyl groups is 1. The molecular formula is C14H19N3O. The molecule has 1 aromatic carbocycles. The van der Waals surface area contributed by atoms with Crippen LogP contribution in [0.5, 0.6) is 0 Å². The molecule has 0 aliphatic carbocycles. The Hall–Kier alpha value is -1.81. The van der Waals surface area contributed by atoms with Gasteiger partial charge in [-0.3, -0.25) is 4.98 Å². The zero-order valence-corrected chi connectivity index (χ0v) is 10.7. The van der Waals surface area contributed by atoms with Gasteiger partial charge in [-0.1, -0.05) is 13.8 Å². The molecule has 0 saturated heterocycles. The van der Waals surface area contributed by atoms with Gasteiger partial charge in [0.15, 0.2) is 0 Å². The molecule has 0 radical (unpaired) electrons. The summed E-state index contributed by atoms with van der Waals surface area (Å²) in [6, 6.07) is 7.67. The summed E-state index contributed by atoms with van der Waals surface area (Å²) < 4.78 is 0. The minimum absolute atomic E-state index is 0.00132. The molecule has 2 aromatic rings. The Morgan fingerprint density at radius 3 is 2.78 bits per heavy atom. The van der Waals surface area contributed by atoms with Crippen LogP contribution >= 0.6 is 0 Å². The predicted octanol–water partition coefficient (Wildman–Crippen LogP) is 2.25. The number of fused-ring (bicyclic) bond motifs is 1. The van der Waals surface area contributed by atoms with Crippen LogP contribution in [0.4, 0.5) is 11.4 Å². The summed E-state index contributed by atoms with van der Waals surface area (Å²) >= 11 is 0. The van der Waals surface area contributed by atoms with Gasteiger partial charge in [0, 0.05) is 11.6 Å². The Balaban J connectivity index is 2.37. The number of hydrogen-bond acceptors (Lipinski definition) is 4. The highest BCUT2D eigenvalue weighted by Gasteiger charge is 2.14. The summed E-state index contributed by atoms with van der Waals surface area (Å²) in [4.78, 5) is 4.26. The summed E-state index contributed by atoms with van der Waals surface area (Å²) in [5.41, 5.74) is 8.55. The van der Waals surface area contributed by atoms with Gasteiger partial charge < -0.3 is 16.2 Å². The minimum Gasteiger partial charge on any atom is -0.397 e. The molecule has 0 unspecified atom stereocenters. The normalized spacial score (nSPS) is 12.9. The van der Waals surface area contributed by atoms with Crippen LogP contribution in [0.1, 0.15) is 13.8 Å². The van der Waals surface area contributed by atoms with Gasteiger partial charge >= 0.3 is 0 Å². The molecule has 0 aliphatic heterocycles. The lowest BCUT2D eigenvalue weighted by molar-refractivity contribution is 0.249. The van der Waals surface area contributed by atoms with Crippen LogP contribution in [0, 0.1) is 5.92 Å². The lowest BCUT2D eigenvalue weighted by Gasteiger charge is -2.22. The van der Waals surface area contributed by atoms with E-state index in [1.54, 1.807) is 6.20 Å². The van der Waals surface area contributed by atoms with Gasteiger partial charge in [0.25, 0.3) is 0 Å². The van der Waals surface area contributed by atoms with E-state index in [0.717, 1.165) is 16.6 Å². The minimum atomic E-state index is 0.00132. The number of pyridine rings is 1. The third kappa shape index (κ3) is 2.38. The van der Waals surface area contributed by atoms with Crippen molar-refractivity contribution >= 4 is 22.3 Å². The van der Waals surface area contributed by atoms with Crippen LogP contribution in [0.3, 0.4) is 0 Å². The number of nitrogens with zero attached hydrogens (tertiary/aromatic N) is 1. The summed E-state index contributed by atoms with van der Waals surface area (Å²) in [5.74, 6) is 0.332. The number of nitrogens with one attached hydrogen (secondary N) is 1. The molecule has 1 aromatic heterocycles. The van der Waals surface area contributed by atoms with Crippen molar-refractivity contribution in [2.75, 3.05) is 17.7 Å². The number of aliphatic hydroxyl groups excluding tert-OH is 1. The fraction of sp³-hybridized carbons (Fsp3) is 0.357. The van der Waals surface area contributed by atoms with Gasteiger partial charge in [0.2, 0.25) is 0 Å². The molecule has 0 amide bonds. The predicted molar refractivity (Wildman–Crippen MR) is 75.5 cm³/mol. The number of nitrogen functional groups attached to an aromatic ring is 1. The molecule has 4 N–H and O–H groups in total. The number of anilines is 2. The molecule has 4 heteroatoms. The Morgan fingerprint density at radius 1 is 1.33 bits per heavy atom. The summed E-state index contributed by atoms with van der Waals surface area (Å²) in [5, 5.41) is 13.6. The Bertz CT molecular complexity index is 540.